The van der Waals surface area contributed by atoms with Gasteiger partial charge in [0.25, 0.3) is 0 Å². The van der Waals surface area contributed by atoms with Gasteiger partial charge < -0.3 is 10.2 Å². The summed E-state index contributed by atoms with van der Waals surface area (Å²) in [5.74, 6) is 1.56. The monoisotopic (exact) mass is 474 g/mol. The maximum atomic E-state index is 13.6. The van der Waals surface area contributed by atoms with Crippen molar-refractivity contribution in [3.8, 4) is 0 Å². The summed E-state index contributed by atoms with van der Waals surface area (Å²) in [5, 5.41) is 3.29. The first-order valence-electron chi connectivity index (χ1n) is 13.1. The quantitative estimate of drug-likeness (QED) is 0.592. The Morgan fingerprint density at radius 1 is 0.971 bits per heavy atom. The van der Waals surface area contributed by atoms with Gasteiger partial charge in [0.2, 0.25) is 5.91 Å². The fraction of sp³-hybridized carbons (Fsp3) is 0.552. The van der Waals surface area contributed by atoms with E-state index in [1.807, 2.05) is 46.2 Å². The Labute approximate surface area is 209 Å². The molecule has 1 spiro atoms. The minimum absolute atomic E-state index is 0.0312. The maximum Gasteiger partial charge on any atom is 0.317 e. The Morgan fingerprint density at radius 3 is 2.23 bits per heavy atom. The summed E-state index contributed by atoms with van der Waals surface area (Å²) in [4.78, 5) is 34.9. The van der Waals surface area contributed by atoms with Crippen LogP contribution in [0.1, 0.15) is 70.9 Å². The van der Waals surface area contributed by atoms with Gasteiger partial charge in [0, 0.05) is 25.3 Å². The molecule has 35 heavy (non-hydrogen) atoms. The molecule has 3 amide bonds. The first-order valence-corrected chi connectivity index (χ1v) is 13.1. The van der Waals surface area contributed by atoms with Crippen molar-refractivity contribution in [2.45, 2.75) is 71.4 Å². The van der Waals surface area contributed by atoms with Gasteiger partial charge in [-0.1, -0.05) is 57.2 Å². The highest BCUT2D eigenvalue weighted by Gasteiger charge is 2.62. The number of benzene rings is 1. The lowest BCUT2D eigenvalue weighted by Gasteiger charge is -2.58. The topological polar surface area (TPSA) is 65.5 Å². The van der Waals surface area contributed by atoms with Gasteiger partial charge in [0.1, 0.15) is 5.82 Å². The average Bonchev–Trinajstić information content (AvgIpc) is 2.87. The van der Waals surface area contributed by atoms with Gasteiger partial charge in [0.15, 0.2) is 0 Å². The van der Waals surface area contributed by atoms with Gasteiger partial charge in [-0.3, -0.25) is 9.69 Å². The molecule has 3 fully saturated rings. The Balaban J connectivity index is 1.24. The minimum atomic E-state index is -0.472. The molecule has 1 unspecified atom stereocenters. The van der Waals surface area contributed by atoms with Crippen molar-refractivity contribution >= 4 is 17.8 Å². The van der Waals surface area contributed by atoms with E-state index in [2.05, 4.69) is 43.2 Å². The Bertz CT molecular complexity index is 1030. The van der Waals surface area contributed by atoms with Crippen LogP contribution in [0.4, 0.5) is 10.6 Å². The highest BCUT2D eigenvalue weighted by molar-refractivity contribution is 6.05. The van der Waals surface area contributed by atoms with E-state index < -0.39 is 5.41 Å². The Morgan fingerprint density at radius 2 is 1.63 bits per heavy atom. The molecule has 1 aromatic carbocycles. The smallest absolute Gasteiger partial charge is 0.317 e. The van der Waals surface area contributed by atoms with Crippen molar-refractivity contribution in [3.63, 3.8) is 0 Å². The number of amides is 3. The van der Waals surface area contributed by atoms with Gasteiger partial charge >= 0.3 is 6.03 Å². The molecule has 2 aromatic rings. The summed E-state index contributed by atoms with van der Waals surface area (Å²) in [6.07, 6.45) is 7.55. The van der Waals surface area contributed by atoms with Crippen LogP contribution in [0, 0.1) is 16.7 Å². The normalized spacial score (nSPS) is 26.4. The van der Waals surface area contributed by atoms with Gasteiger partial charge in [-0.05, 0) is 67.6 Å². The molecule has 2 aliphatic heterocycles. The van der Waals surface area contributed by atoms with E-state index >= 15 is 0 Å². The van der Waals surface area contributed by atoms with Crippen LogP contribution in [0.3, 0.4) is 0 Å². The second-order valence-electron chi connectivity index (χ2n) is 11.7. The van der Waals surface area contributed by atoms with E-state index in [9.17, 15) is 9.59 Å². The number of urea groups is 1. The number of β-lactam (4-membered cyclic amide) rings is 1. The van der Waals surface area contributed by atoms with E-state index in [0.29, 0.717) is 37.2 Å². The molecule has 1 N–H and O–H groups in total. The van der Waals surface area contributed by atoms with Crippen LogP contribution in [-0.4, -0.2) is 41.0 Å². The number of carbonyl (C=O) groups is 2. The summed E-state index contributed by atoms with van der Waals surface area (Å²) in [6, 6.07) is 16.2. The molecule has 6 nitrogen and oxygen atoms in total. The molecule has 3 aliphatic rings. The van der Waals surface area contributed by atoms with Crippen molar-refractivity contribution in [3.05, 3.63) is 60.3 Å². The molecule has 1 saturated carbocycles. The molecule has 1 aliphatic carbocycles. The van der Waals surface area contributed by atoms with E-state index in [1.165, 1.54) is 12.8 Å². The van der Waals surface area contributed by atoms with Crippen LogP contribution in [0.5, 0.6) is 0 Å². The second kappa shape index (κ2) is 9.29. The third-order valence-electron chi connectivity index (χ3n) is 8.66. The zero-order chi connectivity index (χ0) is 24.6. The number of pyridine rings is 1. The molecule has 1 atom stereocenters. The van der Waals surface area contributed by atoms with Crippen LogP contribution >= 0.6 is 0 Å². The number of nitrogens with one attached hydrogen (secondary N) is 1. The van der Waals surface area contributed by atoms with E-state index in [-0.39, 0.29) is 24.0 Å². The summed E-state index contributed by atoms with van der Waals surface area (Å²) in [7, 11) is 0. The zero-order valence-corrected chi connectivity index (χ0v) is 21.2. The molecule has 0 radical (unpaired) electrons. The molecule has 186 valence electrons. The molecular weight excluding hydrogens is 436 g/mol. The minimum Gasteiger partial charge on any atom is -0.335 e. The lowest BCUT2D eigenvalue weighted by molar-refractivity contribution is -0.144. The molecule has 5 rings (SSSR count). The highest BCUT2D eigenvalue weighted by atomic mass is 16.2. The van der Waals surface area contributed by atoms with Crippen molar-refractivity contribution in [1.29, 1.82) is 0 Å². The number of nitrogens with zero attached hydrogens (tertiary/aromatic N) is 3. The maximum absolute atomic E-state index is 13.6. The molecule has 2 saturated heterocycles. The number of aromatic nitrogens is 1. The predicted molar refractivity (Wildman–Crippen MR) is 138 cm³/mol. The standard InChI is InChI=1S/C29H38N4O2/c1-28(2,3)22-12-14-23(15-13-22)31-27(35)32-19-16-29(17-20-32)25(21-9-5-4-6-10-21)33(26(29)34)24-11-7-8-18-30-24/h4-11,18,22-23,25H,12-17,19-20H2,1-3H3,(H,31,35). The van der Waals surface area contributed by atoms with E-state index in [0.717, 1.165) is 24.3 Å². The van der Waals surface area contributed by atoms with Gasteiger partial charge in [-0.15, -0.1) is 0 Å². The molecule has 3 heterocycles. The SMILES string of the molecule is CC(C)(C)C1CCC(NC(=O)N2CCC3(CC2)C(=O)N(c2ccccn2)C3c2ccccc2)CC1. The third kappa shape index (κ3) is 4.43. The van der Waals surface area contributed by atoms with Gasteiger partial charge in [-0.2, -0.15) is 0 Å². The van der Waals surface area contributed by atoms with E-state index in [1.54, 1.807) is 6.20 Å². The van der Waals surface area contributed by atoms with Crippen LogP contribution < -0.4 is 10.2 Å². The lowest BCUT2D eigenvalue weighted by Crippen LogP contribution is -2.67. The number of hydrogen-bond donors (Lipinski definition) is 1. The van der Waals surface area contributed by atoms with Crippen molar-refractivity contribution in [2.24, 2.45) is 16.7 Å². The van der Waals surface area contributed by atoms with Crippen molar-refractivity contribution in [1.82, 2.24) is 15.2 Å². The van der Waals surface area contributed by atoms with Gasteiger partial charge in [-0.25, -0.2) is 9.78 Å². The summed E-state index contributed by atoms with van der Waals surface area (Å²) >= 11 is 0. The lowest BCUT2D eigenvalue weighted by atomic mass is 9.62. The average molecular weight is 475 g/mol. The number of likely N-dealkylation sites (tertiary alicyclic amines) is 1. The highest BCUT2D eigenvalue weighted by Crippen LogP contribution is 2.57. The first kappa shape index (κ1) is 23.8. The van der Waals surface area contributed by atoms with Crippen LogP contribution in [0.15, 0.2) is 54.7 Å². The molecule has 1 aromatic heterocycles. The Hall–Kier alpha value is -2.89. The fourth-order valence-corrected chi connectivity index (χ4v) is 6.46. The Kier molecular flexibility index (Phi) is 6.32. The number of hydrogen-bond acceptors (Lipinski definition) is 3. The van der Waals surface area contributed by atoms with Crippen LogP contribution in [0.25, 0.3) is 0 Å². The van der Waals surface area contributed by atoms with Crippen LogP contribution in [0.2, 0.25) is 0 Å². The predicted octanol–water partition coefficient (Wildman–Crippen LogP) is 5.57. The first-order chi connectivity index (χ1) is 16.8. The largest absolute Gasteiger partial charge is 0.335 e. The molecule has 6 heteroatoms. The molecule has 0 bridgehead atoms. The van der Waals surface area contributed by atoms with Crippen LogP contribution in [-0.2, 0) is 4.79 Å². The molecular formula is C29H38N4O2. The summed E-state index contributed by atoms with van der Waals surface area (Å²) < 4.78 is 0. The summed E-state index contributed by atoms with van der Waals surface area (Å²) in [6.45, 7) is 8.17. The van der Waals surface area contributed by atoms with Crippen molar-refractivity contribution in [2.75, 3.05) is 18.0 Å². The fourth-order valence-electron chi connectivity index (χ4n) is 6.46. The van der Waals surface area contributed by atoms with Gasteiger partial charge in [0.05, 0.1) is 11.5 Å². The summed E-state index contributed by atoms with van der Waals surface area (Å²) in [5.41, 5.74) is 0.996. The number of carbonyl (C=O) groups excluding carboxylic acids is 2. The number of rotatable bonds is 3. The number of anilines is 1. The third-order valence-corrected chi connectivity index (χ3v) is 8.66. The zero-order valence-electron chi connectivity index (χ0n) is 21.2. The number of piperidine rings is 1. The van der Waals surface area contributed by atoms with Crippen molar-refractivity contribution < 1.29 is 9.59 Å². The second-order valence-corrected chi connectivity index (χ2v) is 11.7. The van der Waals surface area contributed by atoms with E-state index in [4.69, 9.17) is 0 Å².